The molecule has 0 radical (unpaired) electrons. The molecule has 29 heavy (non-hydrogen) atoms. The molecule has 2 heterocycles. The van der Waals surface area contributed by atoms with Crippen LogP contribution >= 0.6 is 0 Å². The third kappa shape index (κ3) is 4.13. The molecule has 2 aliphatic heterocycles. The van der Waals surface area contributed by atoms with Gasteiger partial charge in [-0.25, -0.2) is 0 Å². The van der Waals surface area contributed by atoms with Crippen LogP contribution in [0.1, 0.15) is 12.0 Å². The minimum absolute atomic E-state index is 0.0226. The standard InChI is InChI=1S/C20H19N3O6/c24-19(9-13-1-3-15(4-2-13)23(26)27)21-14-10-20(25)22(12-14)16-5-6-17-18(11-16)29-8-7-28-17/h1-6,11,14H,7-10,12H2,(H,21,24). The van der Waals surface area contributed by atoms with Crippen molar-refractivity contribution in [3.8, 4) is 11.5 Å². The number of carbonyl (C=O) groups excluding carboxylic acids is 2. The Labute approximate surface area is 166 Å². The van der Waals surface area contributed by atoms with E-state index in [9.17, 15) is 19.7 Å². The summed E-state index contributed by atoms with van der Waals surface area (Å²) in [5.41, 5.74) is 1.35. The van der Waals surface area contributed by atoms with E-state index >= 15 is 0 Å². The summed E-state index contributed by atoms with van der Waals surface area (Å²) in [5.74, 6) is 0.940. The number of nitrogens with zero attached hydrogens (tertiary/aromatic N) is 2. The fourth-order valence-electron chi connectivity index (χ4n) is 3.45. The van der Waals surface area contributed by atoms with E-state index in [1.807, 2.05) is 0 Å². The van der Waals surface area contributed by atoms with Crippen LogP contribution in [0.3, 0.4) is 0 Å². The number of nitro benzene ring substituents is 1. The lowest BCUT2D eigenvalue weighted by molar-refractivity contribution is -0.384. The average molecular weight is 397 g/mol. The number of nitrogens with one attached hydrogen (secondary N) is 1. The van der Waals surface area contributed by atoms with Crippen molar-refractivity contribution >= 4 is 23.2 Å². The molecule has 2 aromatic rings. The first-order valence-electron chi connectivity index (χ1n) is 9.22. The summed E-state index contributed by atoms with van der Waals surface area (Å²) >= 11 is 0. The molecule has 0 saturated carbocycles. The molecule has 1 fully saturated rings. The normalized spacial score (nSPS) is 17.9. The molecule has 2 aliphatic rings. The van der Waals surface area contributed by atoms with E-state index in [1.54, 1.807) is 35.2 Å². The Hall–Kier alpha value is -3.62. The largest absolute Gasteiger partial charge is 0.486 e. The third-order valence-corrected chi connectivity index (χ3v) is 4.84. The van der Waals surface area contributed by atoms with Crippen LogP contribution in [0.25, 0.3) is 0 Å². The molecule has 2 aromatic carbocycles. The molecule has 0 bridgehead atoms. The lowest BCUT2D eigenvalue weighted by Gasteiger charge is -2.22. The summed E-state index contributed by atoms with van der Waals surface area (Å²) in [7, 11) is 0. The zero-order valence-electron chi connectivity index (χ0n) is 15.5. The van der Waals surface area contributed by atoms with Gasteiger partial charge in [0.05, 0.1) is 17.4 Å². The lowest BCUT2D eigenvalue weighted by atomic mass is 10.1. The zero-order valence-corrected chi connectivity index (χ0v) is 15.5. The molecule has 1 unspecified atom stereocenters. The summed E-state index contributed by atoms with van der Waals surface area (Å²) in [6.07, 6.45) is 0.299. The molecule has 9 nitrogen and oxygen atoms in total. The number of amides is 2. The highest BCUT2D eigenvalue weighted by Gasteiger charge is 2.32. The number of hydrogen-bond donors (Lipinski definition) is 1. The van der Waals surface area contributed by atoms with Gasteiger partial charge >= 0.3 is 0 Å². The fraction of sp³-hybridized carbons (Fsp3) is 0.300. The maximum atomic E-state index is 12.4. The summed E-state index contributed by atoms with van der Waals surface area (Å²) in [6.45, 7) is 1.33. The monoisotopic (exact) mass is 397 g/mol. The van der Waals surface area contributed by atoms with E-state index in [2.05, 4.69) is 5.32 Å². The van der Waals surface area contributed by atoms with Crippen LogP contribution in [0.5, 0.6) is 11.5 Å². The fourth-order valence-corrected chi connectivity index (χ4v) is 3.45. The number of fused-ring (bicyclic) bond motifs is 1. The lowest BCUT2D eigenvalue weighted by Crippen LogP contribution is -2.38. The van der Waals surface area contributed by atoms with Crippen LogP contribution in [0.15, 0.2) is 42.5 Å². The van der Waals surface area contributed by atoms with Gasteiger partial charge in [-0.1, -0.05) is 12.1 Å². The van der Waals surface area contributed by atoms with Gasteiger partial charge in [0, 0.05) is 36.9 Å². The second-order valence-electron chi connectivity index (χ2n) is 6.90. The van der Waals surface area contributed by atoms with E-state index in [-0.39, 0.29) is 36.4 Å². The summed E-state index contributed by atoms with van der Waals surface area (Å²) < 4.78 is 11.1. The Bertz CT molecular complexity index is 959. The smallest absolute Gasteiger partial charge is 0.269 e. The van der Waals surface area contributed by atoms with Gasteiger partial charge in [-0.2, -0.15) is 0 Å². The van der Waals surface area contributed by atoms with Crippen LogP contribution in [-0.2, 0) is 16.0 Å². The molecule has 0 aromatic heterocycles. The van der Waals surface area contributed by atoms with E-state index in [0.717, 1.165) is 0 Å². The van der Waals surface area contributed by atoms with Crippen LogP contribution in [0.4, 0.5) is 11.4 Å². The Balaban J connectivity index is 1.36. The Morgan fingerprint density at radius 2 is 1.86 bits per heavy atom. The first-order valence-corrected chi connectivity index (χ1v) is 9.22. The van der Waals surface area contributed by atoms with Crippen molar-refractivity contribution in [1.82, 2.24) is 5.32 Å². The maximum Gasteiger partial charge on any atom is 0.269 e. The van der Waals surface area contributed by atoms with Gasteiger partial charge in [0.15, 0.2) is 11.5 Å². The van der Waals surface area contributed by atoms with Crippen molar-refractivity contribution in [2.75, 3.05) is 24.7 Å². The highest BCUT2D eigenvalue weighted by Crippen LogP contribution is 2.35. The minimum atomic E-state index is -0.486. The van der Waals surface area contributed by atoms with E-state index < -0.39 is 4.92 Å². The van der Waals surface area contributed by atoms with Crippen LogP contribution in [-0.4, -0.2) is 42.5 Å². The summed E-state index contributed by atoms with van der Waals surface area (Å²) in [4.78, 5) is 36.6. The average Bonchev–Trinajstić information content (AvgIpc) is 3.07. The summed E-state index contributed by atoms with van der Waals surface area (Å²) in [6, 6.07) is 10.9. The topological polar surface area (TPSA) is 111 Å². The number of hydrogen-bond acceptors (Lipinski definition) is 6. The number of anilines is 1. The molecule has 9 heteroatoms. The number of nitro groups is 1. The molecular formula is C20H19N3O6. The molecule has 0 spiro atoms. The number of benzene rings is 2. The molecule has 150 valence electrons. The van der Waals surface area contributed by atoms with Crippen molar-refractivity contribution in [3.63, 3.8) is 0 Å². The van der Waals surface area contributed by atoms with E-state index in [4.69, 9.17) is 9.47 Å². The highest BCUT2D eigenvalue weighted by atomic mass is 16.6. The van der Waals surface area contributed by atoms with Gasteiger partial charge < -0.3 is 19.7 Å². The molecule has 1 saturated heterocycles. The number of rotatable bonds is 5. The highest BCUT2D eigenvalue weighted by molar-refractivity contribution is 5.97. The van der Waals surface area contributed by atoms with Gasteiger partial charge in [-0.15, -0.1) is 0 Å². The Morgan fingerprint density at radius 3 is 2.59 bits per heavy atom. The van der Waals surface area contributed by atoms with Crippen LogP contribution in [0.2, 0.25) is 0 Å². The second-order valence-corrected chi connectivity index (χ2v) is 6.90. The SMILES string of the molecule is O=C(Cc1ccc([N+](=O)[O-])cc1)NC1CC(=O)N(c2ccc3c(c2)OCCO3)C1. The first kappa shape index (κ1) is 18.7. The van der Waals surface area contributed by atoms with Crippen molar-refractivity contribution < 1.29 is 24.0 Å². The molecule has 1 N–H and O–H groups in total. The number of carbonyl (C=O) groups is 2. The first-order chi connectivity index (χ1) is 14.0. The molecule has 2 amide bonds. The Kier molecular flexibility index (Phi) is 5.03. The van der Waals surface area contributed by atoms with E-state index in [0.29, 0.717) is 42.5 Å². The second kappa shape index (κ2) is 7.78. The van der Waals surface area contributed by atoms with Gasteiger partial charge in [0.2, 0.25) is 11.8 Å². The van der Waals surface area contributed by atoms with Gasteiger partial charge in [-0.05, 0) is 17.7 Å². The molecule has 4 rings (SSSR count). The van der Waals surface area contributed by atoms with E-state index in [1.165, 1.54) is 12.1 Å². The van der Waals surface area contributed by atoms with Gasteiger partial charge in [0.25, 0.3) is 5.69 Å². The number of non-ortho nitro benzene ring substituents is 1. The Morgan fingerprint density at radius 1 is 1.14 bits per heavy atom. The quantitative estimate of drug-likeness (QED) is 0.609. The molecular weight excluding hydrogens is 378 g/mol. The van der Waals surface area contributed by atoms with Crippen LogP contribution in [0, 0.1) is 10.1 Å². The number of ether oxygens (including phenoxy) is 2. The zero-order chi connectivity index (χ0) is 20.4. The van der Waals surface area contributed by atoms with Crippen LogP contribution < -0.4 is 19.7 Å². The van der Waals surface area contributed by atoms with Crippen molar-refractivity contribution in [2.45, 2.75) is 18.9 Å². The predicted octanol–water partition coefficient (Wildman–Crippen LogP) is 1.83. The van der Waals surface area contributed by atoms with Crippen molar-refractivity contribution in [3.05, 3.63) is 58.1 Å². The minimum Gasteiger partial charge on any atom is -0.486 e. The van der Waals surface area contributed by atoms with Crippen molar-refractivity contribution in [2.24, 2.45) is 0 Å². The van der Waals surface area contributed by atoms with Gasteiger partial charge in [0.1, 0.15) is 13.2 Å². The molecule has 1 atom stereocenters. The maximum absolute atomic E-state index is 12.4. The van der Waals surface area contributed by atoms with Crippen molar-refractivity contribution in [1.29, 1.82) is 0 Å². The third-order valence-electron chi connectivity index (χ3n) is 4.84. The summed E-state index contributed by atoms with van der Waals surface area (Å²) in [5, 5.41) is 13.6. The molecule has 0 aliphatic carbocycles. The van der Waals surface area contributed by atoms with Gasteiger partial charge in [-0.3, -0.25) is 19.7 Å². The predicted molar refractivity (Wildman–Crippen MR) is 103 cm³/mol.